The van der Waals surface area contributed by atoms with Crippen molar-refractivity contribution >= 4 is 11.8 Å². The first-order valence-electron chi connectivity index (χ1n) is 5.24. The fourth-order valence-electron chi connectivity index (χ4n) is 1.33. The lowest BCUT2D eigenvalue weighted by molar-refractivity contribution is -0.128. The van der Waals surface area contributed by atoms with Gasteiger partial charge in [-0.25, -0.2) is 0 Å². The fraction of sp³-hybridized carbons (Fsp3) is 0.800. The molecule has 0 aliphatic heterocycles. The van der Waals surface area contributed by atoms with E-state index in [4.69, 9.17) is 5.73 Å². The predicted molar refractivity (Wildman–Crippen MR) is 53.4 cm³/mol. The van der Waals surface area contributed by atoms with Crippen LogP contribution in [0.3, 0.4) is 0 Å². The summed E-state index contributed by atoms with van der Waals surface area (Å²) in [6, 6.07) is -0.469. The van der Waals surface area contributed by atoms with Crippen LogP contribution in [0.15, 0.2) is 0 Å². The number of rotatable bonds is 6. The summed E-state index contributed by atoms with van der Waals surface area (Å²) in [5.74, 6) is -0.296. The molecule has 0 unspecified atom stereocenters. The maximum Gasteiger partial charge on any atom is 0.239 e. The van der Waals surface area contributed by atoms with Crippen LogP contribution in [0, 0.1) is 5.92 Å². The second-order valence-electron chi connectivity index (χ2n) is 3.88. The van der Waals surface area contributed by atoms with Crippen LogP contribution in [0.4, 0.5) is 0 Å². The Morgan fingerprint density at radius 1 is 1.50 bits per heavy atom. The molecule has 4 nitrogen and oxygen atoms in total. The minimum absolute atomic E-state index is 0.00935. The van der Waals surface area contributed by atoms with Crippen molar-refractivity contribution in [1.82, 2.24) is 5.32 Å². The molecule has 0 aromatic heterocycles. The number of unbranched alkanes of at least 4 members (excludes halogenated alkanes) is 1. The molecule has 4 heteroatoms. The van der Waals surface area contributed by atoms with Gasteiger partial charge in [0.1, 0.15) is 6.04 Å². The monoisotopic (exact) mass is 198 g/mol. The predicted octanol–water partition coefficient (Wildman–Crippen LogP) is 0.557. The minimum atomic E-state index is -0.469. The number of amides is 2. The van der Waals surface area contributed by atoms with Crippen molar-refractivity contribution in [3.63, 3.8) is 0 Å². The molecule has 80 valence electrons. The third kappa shape index (κ3) is 3.36. The standard InChI is InChI=1S/C10H18N2O2/c1-2-3-4-8(9(11)13)12-10(14)7-5-6-7/h7-8H,2-6H2,1H3,(H2,11,13)(H,12,14)/t8-/m0/s1. The molecule has 0 spiro atoms. The van der Waals surface area contributed by atoms with Gasteiger partial charge in [-0.05, 0) is 19.3 Å². The zero-order valence-corrected chi connectivity index (χ0v) is 8.58. The van der Waals surface area contributed by atoms with Gasteiger partial charge in [-0.15, -0.1) is 0 Å². The van der Waals surface area contributed by atoms with E-state index in [1.165, 1.54) is 0 Å². The average Bonchev–Trinajstić information content (AvgIpc) is 2.94. The van der Waals surface area contributed by atoms with E-state index in [1.54, 1.807) is 0 Å². The lowest BCUT2D eigenvalue weighted by Crippen LogP contribution is -2.44. The second kappa shape index (κ2) is 4.98. The molecule has 1 saturated carbocycles. The maximum absolute atomic E-state index is 11.4. The van der Waals surface area contributed by atoms with Crippen LogP contribution in [0.5, 0.6) is 0 Å². The van der Waals surface area contributed by atoms with E-state index < -0.39 is 11.9 Å². The zero-order valence-electron chi connectivity index (χ0n) is 8.58. The van der Waals surface area contributed by atoms with Gasteiger partial charge in [0, 0.05) is 5.92 Å². The van der Waals surface area contributed by atoms with Crippen molar-refractivity contribution in [2.75, 3.05) is 0 Å². The lowest BCUT2D eigenvalue weighted by Gasteiger charge is -2.14. The summed E-state index contributed by atoms with van der Waals surface area (Å²) < 4.78 is 0. The SMILES string of the molecule is CCCC[C@H](NC(=O)C1CC1)C(N)=O. The number of nitrogens with two attached hydrogens (primary N) is 1. The van der Waals surface area contributed by atoms with Gasteiger partial charge in [0.25, 0.3) is 0 Å². The van der Waals surface area contributed by atoms with E-state index in [0.29, 0.717) is 6.42 Å². The maximum atomic E-state index is 11.4. The smallest absolute Gasteiger partial charge is 0.239 e. The highest BCUT2D eigenvalue weighted by molar-refractivity contribution is 5.88. The Kier molecular flexibility index (Phi) is 3.92. The van der Waals surface area contributed by atoms with Crippen LogP contribution in [-0.4, -0.2) is 17.9 Å². The topological polar surface area (TPSA) is 72.2 Å². The van der Waals surface area contributed by atoms with Crippen molar-refractivity contribution in [3.05, 3.63) is 0 Å². The van der Waals surface area contributed by atoms with E-state index in [0.717, 1.165) is 25.7 Å². The first kappa shape index (κ1) is 11.0. The van der Waals surface area contributed by atoms with Gasteiger partial charge in [-0.1, -0.05) is 19.8 Å². The number of carbonyl (C=O) groups is 2. The fourth-order valence-corrected chi connectivity index (χ4v) is 1.33. The first-order chi connectivity index (χ1) is 6.65. The highest BCUT2D eigenvalue weighted by Crippen LogP contribution is 2.28. The quantitative estimate of drug-likeness (QED) is 0.654. The summed E-state index contributed by atoms with van der Waals surface area (Å²) in [6.45, 7) is 2.04. The van der Waals surface area contributed by atoms with Gasteiger partial charge in [0.15, 0.2) is 0 Å². The molecule has 1 aliphatic carbocycles. The number of hydrogen-bond acceptors (Lipinski definition) is 2. The summed E-state index contributed by atoms with van der Waals surface area (Å²) in [7, 11) is 0. The molecule has 1 aliphatic rings. The average molecular weight is 198 g/mol. The molecule has 3 N–H and O–H groups in total. The Morgan fingerprint density at radius 2 is 2.14 bits per heavy atom. The second-order valence-corrected chi connectivity index (χ2v) is 3.88. The molecule has 0 aromatic carbocycles. The van der Waals surface area contributed by atoms with Gasteiger partial charge in [-0.3, -0.25) is 9.59 Å². The highest BCUT2D eigenvalue weighted by Gasteiger charge is 2.31. The Morgan fingerprint density at radius 3 is 2.57 bits per heavy atom. The van der Waals surface area contributed by atoms with Gasteiger partial charge in [-0.2, -0.15) is 0 Å². The van der Waals surface area contributed by atoms with Gasteiger partial charge < -0.3 is 11.1 Å². The molecule has 1 atom stereocenters. The van der Waals surface area contributed by atoms with Crippen molar-refractivity contribution in [3.8, 4) is 0 Å². The molecule has 2 amide bonds. The van der Waals surface area contributed by atoms with Gasteiger partial charge in [0.2, 0.25) is 11.8 Å². The highest BCUT2D eigenvalue weighted by atomic mass is 16.2. The van der Waals surface area contributed by atoms with Crippen LogP contribution >= 0.6 is 0 Å². The van der Waals surface area contributed by atoms with Crippen LogP contribution < -0.4 is 11.1 Å². The summed E-state index contributed by atoms with van der Waals surface area (Å²) >= 11 is 0. The van der Waals surface area contributed by atoms with Crippen LogP contribution in [0.1, 0.15) is 39.0 Å². The molecule has 0 bridgehead atoms. The van der Waals surface area contributed by atoms with Crippen molar-refractivity contribution in [2.45, 2.75) is 45.1 Å². The Balaban J connectivity index is 2.33. The van der Waals surface area contributed by atoms with Crippen LogP contribution in [-0.2, 0) is 9.59 Å². The van der Waals surface area contributed by atoms with Crippen molar-refractivity contribution < 1.29 is 9.59 Å². The van der Waals surface area contributed by atoms with Crippen LogP contribution in [0.25, 0.3) is 0 Å². The third-order valence-electron chi connectivity index (χ3n) is 2.45. The largest absolute Gasteiger partial charge is 0.368 e. The minimum Gasteiger partial charge on any atom is -0.368 e. The van der Waals surface area contributed by atoms with E-state index in [9.17, 15) is 9.59 Å². The van der Waals surface area contributed by atoms with Gasteiger partial charge in [0.05, 0.1) is 0 Å². The van der Waals surface area contributed by atoms with E-state index in [-0.39, 0.29) is 11.8 Å². The number of nitrogens with one attached hydrogen (secondary N) is 1. The Bertz CT molecular complexity index is 224. The molecular weight excluding hydrogens is 180 g/mol. The first-order valence-corrected chi connectivity index (χ1v) is 5.24. The zero-order chi connectivity index (χ0) is 10.6. The third-order valence-corrected chi connectivity index (χ3v) is 2.45. The van der Waals surface area contributed by atoms with E-state index in [1.807, 2.05) is 6.92 Å². The van der Waals surface area contributed by atoms with E-state index >= 15 is 0 Å². The molecule has 14 heavy (non-hydrogen) atoms. The summed E-state index contributed by atoms with van der Waals surface area (Å²) in [6.07, 6.45) is 4.47. The van der Waals surface area contributed by atoms with Crippen molar-refractivity contribution in [1.29, 1.82) is 0 Å². The molecule has 0 radical (unpaired) electrons. The lowest BCUT2D eigenvalue weighted by atomic mass is 10.1. The molecule has 0 heterocycles. The van der Waals surface area contributed by atoms with Gasteiger partial charge >= 0.3 is 0 Å². The number of hydrogen-bond donors (Lipinski definition) is 2. The molecule has 0 aromatic rings. The molecule has 1 rings (SSSR count). The molecule has 0 saturated heterocycles. The summed E-state index contributed by atoms with van der Waals surface area (Å²) in [5.41, 5.74) is 5.19. The van der Waals surface area contributed by atoms with Crippen molar-refractivity contribution in [2.24, 2.45) is 11.7 Å². The molecular formula is C10H18N2O2. The van der Waals surface area contributed by atoms with E-state index in [2.05, 4.69) is 5.32 Å². The Hall–Kier alpha value is -1.06. The molecule has 1 fully saturated rings. The number of primary amides is 1. The summed E-state index contributed by atoms with van der Waals surface area (Å²) in [4.78, 5) is 22.4. The van der Waals surface area contributed by atoms with Crippen LogP contribution in [0.2, 0.25) is 0 Å². The number of carbonyl (C=O) groups excluding carboxylic acids is 2. The summed E-state index contributed by atoms with van der Waals surface area (Å²) in [5, 5.41) is 2.70. The Labute approximate surface area is 84.2 Å². The normalized spacial score (nSPS) is 17.5.